The Balaban J connectivity index is 2.03. The Bertz CT molecular complexity index is 456. The van der Waals surface area contributed by atoms with Crippen LogP contribution in [0.1, 0.15) is 37.8 Å². The van der Waals surface area contributed by atoms with Gasteiger partial charge in [-0.2, -0.15) is 0 Å². The highest BCUT2D eigenvalue weighted by atomic mass is 15.2. The fourth-order valence-corrected chi connectivity index (χ4v) is 3.58. The second kappa shape index (κ2) is 7.28. The van der Waals surface area contributed by atoms with E-state index in [1.807, 2.05) is 0 Å². The van der Waals surface area contributed by atoms with Gasteiger partial charge in [0, 0.05) is 31.4 Å². The summed E-state index contributed by atoms with van der Waals surface area (Å²) in [7, 11) is 2.22. The normalized spacial score (nSPS) is 20.7. The molecule has 3 nitrogen and oxygen atoms in total. The van der Waals surface area contributed by atoms with Crippen molar-refractivity contribution < 1.29 is 0 Å². The minimum absolute atomic E-state index is 0.226. The van der Waals surface area contributed by atoms with E-state index in [9.17, 15) is 0 Å². The number of anilines is 1. The van der Waals surface area contributed by atoms with E-state index in [0.29, 0.717) is 6.04 Å². The van der Waals surface area contributed by atoms with Gasteiger partial charge < -0.3 is 10.6 Å². The molecule has 1 fully saturated rings. The van der Waals surface area contributed by atoms with Gasteiger partial charge in [-0.1, -0.05) is 19.1 Å². The Morgan fingerprint density at radius 3 is 2.81 bits per heavy atom. The number of likely N-dealkylation sites (N-methyl/N-ethyl adjacent to an activating group) is 2. The number of benzene rings is 1. The Morgan fingerprint density at radius 2 is 2.19 bits per heavy atom. The van der Waals surface area contributed by atoms with Gasteiger partial charge in [0.25, 0.3) is 0 Å². The third-order valence-corrected chi connectivity index (χ3v) is 4.62. The molecule has 0 saturated carbocycles. The molecule has 0 spiro atoms. The lowest BCUT2D eigenvalue weighted by atomic mass is 10.0. The lowest BCUT2D eigenvalue weighted by molar-refractivity contribution is 0.270. The van der Waals surface area contributed by atoms with E-state index in [-0.39, 0.29) is 6.04 Å². The molecule has 1 aromatic carbocycles. The fraction of sp³-hybridized carbons (Fsp3) is 0.667. The zero-order chi connectivity index (χ0) is 15.4. The highest BCUT2D eigenvalue weighted by Gasteiger charge is 2.24. The van der Waals surface area contributed by atoms with Crippen LogP contribution in [-0.4, -0.2) is 43.7 Å². The zero-order valence-corrected chi connectivity index (χ0v) is 14.1. The number of rotatable bonds is 6. The molecule has 3 heteroatoms. The van der Waals surface area contributed by atoms with Crippen LogP contribution in [0.4, 0.5) is 5.69 Å². The molecule has 1 saturated heterocycles. The lowest BCUT2D eigenvalue weighted by Gasteiger charge is -2.30. The van der Waals surface area contributed by atoms with Gasteiger partial charge in [0.05, 0.1) is 0 Å². The molecule has 2 atom stereocenters. The van der Waals surface area contributed by atoms with E-state index in [1.165, 1.54) is 42.7 Å². The van der Waals surface area contributed by atoms with Gasteiger partial charge in [-0.25, -0.2) is 0 Å². The van der Waals surface area contributed by atoms with Crippen LogP contribution in [0.3, 0.4) is 0 Å². The first-order chi connectivity index (χ1) is 10.0. The topological polar surface area (TPSA) is 32.5 Å². The summed E-state index contributed by atoms with van der Waals surface area (Å²) < 4.78 is 0. The molecule has 0 radical (unpaired) electrons. The molecule has 1 aromatic rings. The van der Waals surface area contributed by atoms with Gasteiger partial charge in [0.2, 0.25) is 0 Å². The first kappa shape index (κ1) is 16.3. The van der Waals surface area contributed by atoms with Crippen molar-refractivity contribution in [3.8, 4) is 0 Å². The Hall–Kier alpha value is -1.06. The first-order valence-corrected chi connectivity index (χ1v) is 8.31. The van der Waals surface area contributed by atoms with E-state index >= 15 is 0 Å². The average molecular weight is 289 g/mol. The van der Waals surface area contributed by atoms with Crippen molar-refractivity contribution in [2.45, 2.75) is 52.1 Å². The molecule has 21 heavy (non-hydrogen) atoms. The Labute approximate surface area is 130 Å². The average Bonchev–Trinajstić information content (AvgIpc) is 2.85. The minimum atomic E-state index is 0.226. The molecule has 1 aliphatic rings. The highest BCUT2D eigenvalue weighted by molar-refractivity contribution is 5.54. The first-order valence-electron chi connectivity index (χ1n) is 8.31. The third kappa shape index (κ3) is 4.21. The molecule has 2 N–H and O–H groups in total. The summed E-state index contributed by atoms with van der Waals surface area (Å²) in [5.74, 6) is 0. The maximum atomic E-state index is 5.90. The quantitative estimate of drug-likeness (QED) is 0.874. The highest BCUT2D eigenvalue weighted by Crippen LogP contribution is 2.24. The molecule has 2 rings (SSSR count). The van der Waals surface area contributed by atoms with Crippen molar-refractivity contribution >= 4 is 5.69 Å². The fourth-order valence-electron chi connectivity index (χ4n) is 3.58. The molecule has 0 aliphatic carbocycles. The molecule has 2 unspecified atom stereocenters. The second-order valence-corrected chi connectivity index (χ2v) is 6.61. The van der Waals surface area contributed by atoms with Gasteiger partial charge in [0.1, 0.15) is 0 Å². The summed E-state index contributed by atoms with van der Waals surface area (Å²) in [5, 5.41) is 0. The largest absolute Gasteiger partial charge is 0.373 e. The lowest BCUT2D eigenvalue weighted by Crippen LogP contribution is -2.38. The van der Waals surface area contributed by atoms with Gasteiger partial charge in [-0.15, -0.1) is 0 Å². The van der Waals surface area contributed by atoms with Gasteiger partial charge in [-0.3, -0.25) is 4.90 Å². The summed E-state index contributed by atoms with van der Waals surface area (Å²) in [6.45, 7) is 10.1. The third-order valence-electron chi connectivity index (χ3n) is 4.62. The van der Waals surface area contributed by atoms with Crippen LogP contribution in [0, 0.1) is 6.92 Å². The SMILES string of the molecule is CCN1CCCC1CN(C)c1ccc(CC(C)N)cc1C. The van der Waals surface area contributed by atoms with Crippen molar-refractivity contribution in [2.24, 2.45) is 5.73 Å². The van der Waals surface area contributed by atoms with Crippen LogP contribution in [0.5, 0.6) is 0 Å². The molecular weight excluding hydrogens is 258 g/mol. The van der Waals surface area contributed by atoms with E-state index < -0.39 is 0 Å². The summed E-state index contributed by atoms with van der Waals surface area (Å²) >= 11 is 0. The predicted molar refractivity (Wildman–Crippen MR) is 92.1 cm³/mol. The molecule has 118 valence electrons. The van der Waals surface area contributed by atoms with Crippen molar-refractivity contribution in [1.29, 1.82) is 0 Å². The Kier molecular flexibility index (Phi) is 5.65. The van der Waals surface area contributed by atoms with E-state index in [2.05, 4.69) is 55.8 Å². The zero-order valence-electron chi connectivity index (χ0n) is 14.1. The number of nitrogens with two attached hydrogens (primary N) is 1. The van der Waals surface area contributed by atoms with Gasteiger partial charge >= 0.3 is 0 Å². The minimum Gasteiger partial charge on any atom is -0.373 e. The molecule has 0 aromatic heterocycles. The van der Waals surface area contributed by atoms with Gasteiger partial charge in [0.15, 0.2) is 0 Å². The van der Waals surface area contributed by atoms with Crippen LogP contribution in [0.2, 0.25) is 0 Å². The summed E-state index contributed by atoms with van der Waals surface area (Å²) in [6, 6.07) is 7.72. The maximum absolute atomic E-state index is 5.90. The van der Waals surface area contributed by atoms with Crippen molar-refractivity contribution in [3.05, 3.63) is 29.3 Å². The van der Waals surface area contributed by atoms with E-state index in [1.54, 1.807) is 0 Å². The van der Waals surface area contributed by atoms with Crippen molar-refractivity contribution in [2.75, 3.05) is 31.6 Å². The summed E-state index contributed by atoms with van der Waals surface area (Å²) in [6.07, 6.45) is 3.63. The smallest absolute Gasteiger partial charge is 0.0394 e. The Morgan fingerprint density at radius 1 is 1.43 bits per heavy atom. The number of hydrogen-bond acceptors (Lipinski definition) is 3. The van der Waals surface area contributed by atoms with Crippen molar-refractivity contribution in [3.63, 3.8) is 0 Å². The van der Waals surface area contributed by atoms with Crippen LogP contribution >= 0.6 is 0 Å². The number of likely N-dealkylation sites (tertiary alicyclic amines) is 1. The molecule has 0 bridgehead atoms. The monoisotopic (exact) mass is 289 g/mol. The number of aryl methyl sites for hydroxylation is 1. The standard InChI is InChI=1S/C18H31N3/c1-5-21-10-6-7-17(21)13-20(4)18-9-8-16(11-14(18)2)12-15(3)19/h8-9,11,15,17H,5-7,10,12-13,19H2,1-4H3. The predicted octanol–water partition coefficient (Wildman–Crippen LogP) is 2.81. The second-order valence-electron chi connectivity index (χ2n) is 6.61. The van der Waals surface area contributed by atoms with Gasteiger partial charge in [-0.05, 0) is 63.4 Å². The molecule has 1 aliphatic heterocycles. The van der Waals surface area contributed by atoms with Crippen molar-refractivity contribution in [1.82, 2.24) is 4.90 Å². The maximum Gasteiger partial charge on any atom is 0.0394 e. The molecule has 1 heterocycles. The summed E-state index contributed by atoms with van der Waals surface area (Å²) in [5.41, 5.74) is 9.95. The summed E-state index contributed by atoms with van der Waals surface area (Å²) in [4.78, 5) is 5.03. The molecular formula is C18H31N3. The van der Waals surface area contributed by atoms with E-state index in [4.69, 9.17) is 5.73 Å². The molecule has 0 amide bonds. The number of nitrogens with zero attached hydrogens (tertiary/aromatic N) is 2. The van der Waals surface area contributed by atoms with E-state index in [0.717, 1.165) is 13.0 Å². The van der Waals surface area contributed by atoms with Crippen LogP contribution < -0.4 is 10.6 Å². The van der Waals surface area contributed by atoms with Crippen LogP contribution in [0.25, 0.3) is 0 Å². The van der Waals surface area contributed by atoms with Crippen LogP contribution in [-0.2, 0) is 6.42 Å². The number of hydrogen-bond donors (Lipinski definition) is 1. The van der Waals surface area contributed by atoms with Crippen LogP contribution in [0.15, 0.2) is 18.2 Å².